The first-order valence-corrected chi connectivity index (χ1v) is 18.1. The highest BCUT2D eigenvalue weighted by Gasteiger charge is 2.50. The minimum Gasteiger partial charge on any atom is -0.494 e. The quantitative estimate of drug-likeness (QED) is 0.158. The molecule has 2 aromatic rings. The van der Waals surface area contributed by atoms with Gasteiger partial charge in [-0.2, -0.15) is 0 Å². The van der Waals surface area contributed by atoms with Crippen molar-refractivity contribution in [1.29, 1.82) is 0 Å². The molecule has 9 heteroatoms. The van der Waals surface area contributed by atoms with E-state index in [1.54, 1.807) is 18.0 Å². The number of aryl methyl sites for hydroxylation is 1. The van der Waals surface area contributed by atoms with Gasteiger partial charge in [0.2, 0.25) is 14.3 Å². The van der Waals surface area contributed by atoms with Crippen LogP contribution in [0, 0.1) is 5.92 Å². The molecule has 0 spiro atoms. The number of halogens is 1. The number of anilines is 2. The summed E-state index contributed by atoms with van der Waals surface area (Å²) >= 11 is 0. The van der Waals surface area contributed by atoms with Crippen LogP contribution >= 0.6 is 0 Å². The average Bonchev–Trinajstić information content (AvgIpc) is 3.26. The van der Waals surface area contributed by atoms with E-state index in [2.05, 4.69) is 24.4 Å². The first kappa shape index (κ1) is 31.6. The van der Waals surface area contributed by atoms with Gasteiger partial charge in [-0.25, -0.2) is 0 Å². The van der Waals surface area contributed by atoms with Gasteiger partial charge in [-0.15, -0.1) is 0 Å². The van der Waals surface area contributed by atoms with Crippen LogP contribution in [0.3, 0.4) is 0 Å². The fraction of sp³-hybridized carbons (Fsp3) is 0.594. The number of carbonyl (C=O) groups is 1. The molecule has 0 saturated carbocycles. The number of benzene rings is 2. The Bertz CT molecular complexity index is 1140. The van der Waals surface area contributed by atoms with E-state index in [1.165, 1.54) is 0 Å². The van der Waals surface area contributed by atoms with E-state index in [0.717, 1.165) is 47.5 Å². The first-order chi connectivity index (χ1) is 19.7. The molecule has 2 aliphatic rings. The van der Waals surface area contributed by atoms with Crippen LogP contribution in [0.15, 0.2) is 42.5 Å². The molecule has 5 atom stereocenters. The maximum atomic E-state index is 15.1. The number of nitrogens with one attached hydrogen (secondary N) is 1. The predicted molar refractivity (Wildman–Crippen MR) is 163 cm³/mol. The van der Waals surface area contributed by atoms with E-state index in [-0.39, 0.29) is 48.8 Å². The number of hydrogen-bond donors (Lipinski definition) is 3. The Morgan fingerprint density at radius 1 is 1.07 bits per heavy atom. The smallest absolute Gasteiger partial charge is 0.249 e. The molecule has 0 radical (unpaired) electrons. The molecule has 41 heavy (non-hydrogen) atoms. The van der Waals surface area contributed by atoms with Gasteiger partial charge < -0.3 is 29.1 Å². The van der Waals surface area contributed by atoms with Crippen LogP contribution in [0.1, 0.15) is 50.7 Å². The molecule has 3 N–H and O–H groups in total. The summed E-state index contributed by atoms with van der Waals surface area (Å²) in [7, 11) is -2.92. The summed E-state index contributed by atoms with van der Waals surface area (Å²) in [4.78, 5) is 15.5. The number of rotatable bonds is 14. The van der Waals surface area contributed by atoms with E-state index in [1.807, 2.05) is 37.3 Å². The molecule has 2 heterocycles. The normalized spacial score (nSPS) is 24.5. The van der Waals surface area contributed by atoms with E-state index < -0.39 is 8.41 Å². The number of amides is 1. The summed E-state index contributed by atoms with van der Waals surface area (Å²) in [5, 5.41) is 22.0. The molecule has 2 aliphatic heterocycles. The summed E-state index contributed by atoms with van der Waals surface area (Å²) in [5.74, 6) is 0.912. The largest absolute Gasteiger partial charge is 0.494 e. The number of hydrogen-bond acceptors (Lipinski definition) is 6. The number of unbranched alkanes of at least 4 members (excludes halogenated alkanes) is 1. The molecule has 1 amide bonds. The topological polar surface area (TPSA) is 91.3 Å². The van der Waals surface area contributed by atoms with Crippen LogP contribution in [0.2, 0.25) is 18.6 Å². The summed E-state index contributed by atoms with van der Waals surface area (Å²) in [6.07, 6.45) is 3.89. The van der Waals surface area contributed by atoms with Crippen molar-refractivity contribution in [2.75, 3.05) is 31.3 Å². The van der Waals surface area contributed by atoms with E-state index >= 15 is 4.11 Å². The Labute approximate surface area is 245 Å². The maximum absolute atomic E-state index is 15.1. The Morgan fingerprint density at radius 2 is 1.83 bits per heavy atom. The molecule has 1 fully saturated rings. The molecular weight excluding hydrogens is 539 g/mol. The zero-order chi connectivity index (χ0) is 29.6. The lowest BCUT2D eigenvalue weighted by atomic mass is 9.94. The Hall–Kier alpha value is -2.30. The summed E-state index contributed by atoms with van der Waals surface area (Å²) < 4.78 is 27.1. The number of fused-ring (bicyclic) bond motifs is 1. The van der Waals surface area contributed by atoms with Crippen molar-refractivity contribution in [2.45, 2.75) is 89.3 Å². The maximum Gasteiger partial charge on any atom is 0.249 e. The third kappa shape index (κ3) is 7.56. The van der Waals surface area contributed by atoms with Gasteiger partial charge in [0, 0.05) is 24.4 Å². The lowest BCUT2D eigenvalue weighted by molar-refractivity contribution is -0.120. The van der Waals surface area contributed by atoms with Crippen LogP contribution in [0.25, 0.3) is 0 Å². The molecule has 4 rings (SSSR count). The lowest BCUT2D eigenvalue weighted by Gasteiger charge is -2.35. The summed E-state index contributed by atoms with van der Waals surface area (Å²) in [5.41, 5.74) is 3.76. The van der Waals surface area contributed by atoms with Crippen molar-refractivity contribution < 1.29 is 28.6 Å². The van der Waals surface area contributed by atoms with E-state index in [0.29, 0.717) is 32.4 Å². The highest BCUT2D eigenvalue weighted by molar-refractivity contribution is 6.72. The molecule has 1 unspecified atom stereocenters. The molecule has 2 aromatic carbocycles. The van der Waals surface area contributed by atoms with Crippen molar-refractivity contribution in [1.82, 2.24) is 5.32 Å². The third-order valence-electron chi connectivity index (χ3n) is 8.54. The summed E-state index contributed by atoms with van der Waals surface area (Å²) in [6.45, 7) is 8.93. The van der Waals surface area contributed by atoms with Crippen molar-refractivity contribution in [3.63, 3.8) is 0 Å². The van der Waals surface area contributed by atoms with Crippen molar-refractivity contribution in [3.8, 4) is 5.75 Å². The number of carbonyl (C=O) groups excluding carboxylic acids is 1. The van der Waals surface area contributed by atoms with Crippen LogP contribution in [-0.2, 0) is 22.4 Å². The second-order valence-corrected chi connectivity index (χ2v) is 15.7. The molecular formula is C32H47FN2O5Si. The van der Waals surface area contributed by atoms with E-state index in [9.17, 15) is 9.90 Å². The fourth-order valence-corrected chi connectivity index (χ4v) is 9.21. The van der Waals surface area contributed by atoms with Gasteiger partial charge in [0.15, 0.2) is 0 Å². The average molecular weight is 587 g/mol. The molecule has 0 aliphatic carbocycles. The second-order valence-electron chi connectivity index (χ2n) is 11.9. The van der Waals surface area contributed by atoms with Crippen LogP contribution in [0.4, 0.5) is 15.5 Å². The van der Waals surface area contributed by atoms with Crippen molar-refractivity contribution >= 4 is 25.7 Å². The highest BCUT2D eigenvalue weighted by Crippen LogP contribution is 2.46. The third-order valence-corrected chi connectivity index (χ3v) is 11.0. The lowest BCUT2D eigenvalue weighted by Crippen LogP contribution is -2.49. The Kier molecular flexibility index (Phi) is 11.0. The van der Waals surface area contributed by atoms with Crippen molar-refractivity contribution in [2.24, 2.45) is 5.92 Å². The second kappa shape index (κ2) is 14.2. The predicted octanol–water partition coefficient (Wildman–Crippen LogP) is 5.30. The van der Waals surface area contributed by atoms with E-state index in [4.69, 9.17) is 14.6 Å². The Balaban J connectivity index is 1.48. The molecule has 226 valence electrons. The molecule has 0 bridgehead atoms. The molecule has 7 nitrogen and oxygen atoms in total. The minimum atomic E-state index is -2.92. The van der Waals surface area contributed by atoms with Gasteiger partial charge in [-0.1, -0.05) is 19.1 Å². The van der Waals surface area contributed by atoms with Gasteiger partial charge in [0.25, 0.3) is 0 Å². The fourth-order valence-electron chi connectivity index (χ4n) is 6.62. The minimum absolute atomic E-state index is 0.00515. The molecule has 0 aromatic heterocycles. The SMILES string of the molecule is CCOc1ccc2c(c1)CC(NCCCCO)C(=O)N2c1ccc(CC[C@@H]2O[C@H](CCO)[C@@H]([Si](C)(C)F)[C@@H]2C)cc1. The number of aliphatic hydroxyl groups is 2. The van der Waals surface area contributed by atoms with Gasteiger partial charge in [0.05, 0.1) is 30.5 Å². The zero-order valence-electron chi connectivity index (χ0n) is 24.9. The molecule has 1 saturated heterocycles. The van der Waals surface area contributed by atoms with Gasteiger partial charge in [-0.3, -0.25) is 9.69 Å². The van der Waals surface area contributed by atoms with Gasteiger partial charge >= 0.3 is 0 Å². The first-order valence-electron chi connectivity index (χ1n) is 15.2. The van der Waals surface area contributed by atoms with Crippen LogP contribution in [-0.4, -0.2) is 69.1 Å². The number of ether oxygens (including phenoxy) is 2. The number of nitrogens with zero attached hydrogens (tertiary/aromatic N) is 1. The van der Waals surface area contributed by atoms with Crippen molar-refractivity contribution in [3.05, 3.63) is 53.6 Å². The highest BCUT2D eigenvalue weighted by atomic mass is 28.4. The number of aliphatic hydroxyl groups excluding tert-OH is 2. The van der Waals surface area contributed by atoms with Crippen LogP contribution in [0.5, 0.6) is 5.75 Å². The monoisotopic (exact) mass is 586 g/mol. The van der Waals surface area contributed by atoms with Gasteiger partial charge in [0.1, 0.15) is 5.75 Å². The Morgan fingerprint density at radius 3 is 2.49 bits per heavy atom. The van der Waals surface area contributed by atoms with Crippen LogP contribution < -0.4 is 15.0 Å². The summed E-state index contributed by atoms with van der Waals surface area (Å²) in [6, 6.07) is 13.6. The zero-order valence-corrected chi connectivity index (χ0v) is 25.9. The standard InChI is InChI=1S/C32H47FN2O5Si/c1-5-39-26-13-14-28-24(20-26)21-27(34-17-6-7-18-36)32(38)35(28)25-11-8-23(9-12-25)10-15-29-22(2)31(41(3,4)33)30(40-29)16-19-37/h8-9,11-14,20,22,27,29-31,34,36-37H,5-7,10,15-19,21H2,1-4H3/t22-,27?,29+,30-,31+/m1/s1. The van der Waals surface area contributed by atoms with Gasteiger partial charge in [-0.05, 0) is 112 Å².